The van der Waals surface area contributed by atoms with Crippen molar-refractivity contribution >= 4 is 52.2 Å². The van der Waals surface area contributed by atoms with Crippen LogP contribution in [-0.2, 0) is 20.5 Å². The lowest BCUT2D eigenvalue weighted by atomic mass is 9.60. The van der Waals surface area contributed by atoms with Gasteiger partial charge in [0.1, 0.15) is 11.0 Å². The van der Waals surface area contributed by atoms with Gasteiger partial charge in [-0.3, -0.25) is 19.3 Å². The number of carbonyl (C=O) groups excluding carboxylic acids is 3. The number of carbonyl (C=O) groups is 3. The van der Waals surface area contributed by atoms with Gasteiger partial charge in [-0.15, -0.1) is 0 Å². The maximum atomic E-state index is 14.8. The van der Waals surface area contributed by atoms with Gasteiger partial charge in [0.05, 0.1) is 10.9 Å². The fourth-order valence-electron chi connectivity index (χ4n) is 7.50. The van der Waals surface area contributed by atoms with E-state index in [1.807, 2.05) is 49.4 Å². The summed E-state index contributed by atoms with van der Waals surface area (Å²) < 4.78 is 0. The highest BCUT2D eigenvalue weighted by atomic mass is 35.5. The molecule has 4 aliphatic heterocycles. The number of fused-ring (bicyclic) bond motifs is 7. The predicted octanol–water partition coefficient (Wildman–Crippen LogP) is 5.32. The van der Waals surface area contributed by atoms with Crippen LogP contribution in [0.15, 0.2) is 60.7 Å². The van der Waals surface area contributed by atoms with Crippen LogP contribution in [0.25, 0.3) is 0 Å². The second kappa shape index (κ2) is 7.67. The highest BCUT2D eigenvalue weighted by Crippen LogP contribution is 2.66. The molecule has 2 saturated heterocycles. The lowest BCUT2D eigenvalue weighted by Crippen LogP contribution is -2.55. The summed E-state index contributed by atoms with van der Waals surface area (Å²) in [4.78, 5) is 45.4. The maximum absolute atomic E-state index is 14.8. The van der Waals surface area contributed by atoms with Crippen LogP contribution in [0.5, 0.6) is 0 Å². The number of hydrogen-bond acceptors (Lipinski definition) is 4. The van der Waals surface area contributed by atoms with E-state index in [0.717, 1.165) is 23.1 Å². The zero-order valence-electron chi connectivity index (χ0n) is 20.0. The number of amides is 2. The van der Waals surface area contributed by atoms with E-state index in [2.05, 4.69) is 15.5 Å². The van der Waals surface area contributed by atoms with Gasteiger partial charge in [-0.1, -0.05) is 59.1 Å². The third-order valence-corrected chi connectivity index (χ3v) is 9.29. The Morgan fingerprint density at radius 3 is 2.51 bits per heavy atom. The van der Waals surface area contributed by atoms with Crippen molar-refractivity contribution in [3.8, 4) is 0 Å². The molecule has 186 valence electrons. The van der Waals surface area contributed by atoms with Crippen molar-refractivity contribution in [2.75, 3.05) is 17.2 Å². The summed E-state index contributed by atoms with van der Waals surface area (Å²) >= 11 is 12.8. The average molecular weight is 532 g/mol. The Bertz CT molecular complexity index is 1560. The zero-order valence-corrected chi connectivity index (χ0v) is 21.5. The number of anilines is 2. The monoisotopic (exact) mass is 531 g/mol. The van der Waals surface area contributed by atoms with Crippen LogP contribution in [0.3, 0.4) is 0 Å². The quantitative estimate of drug-likeness (QED) is 0.439. The maximum Gasteiger partial charge on any atom is 0.250 e. The topological polar surface area (TPSA) is 78.5 Å². The molecule has 4 heterocycles. The van der Waals surface area contributed by atoms with Crippen molar-refractivity contribution in [3.05, 3.63) is 93.0 Å². The molecule has 0 saturated carbocycles. The fraction of sp³-hybridized carbons (Fsp3) is 0.276. The lowest BCUT2D eigenvalue weighted by Gasteiger charge is -2.38. The number of halogens is 2. The minimum Gasteiger partial charge on any atom is -0.325 e. The van der Waals surface area contributed by atoms with Crippen LogP contribution in [0.2, 0.25) is 10.0 Å². The average Bonchev–Trinajstić information content (AvgIpc) is 3.58. The first-order valence-corrected chi connectivity index (χ1v) is 13.2. The van der Waals surface area contributed by atoms with Crippen molar-refractivity contribution in [2.45, 2.75) is 36.8 Å². The van der Waals surface area contributed by atoms with Crippen LogP contribution in [0.4, 0.5) is 11.4 Å². The van der Waals surface area contributed by atoms with Crippen molar-refractivity contribution < 1.29 is 14.4 Å². The number of Topliss-reactive ketones (excluding diaryl/α,β-unsaturated/α-hetero) is 1. The summed E-state index contributed by atoms with van der Waals surface area (Å²) in [6.45, 7) is 2.56. The number of ketones is 1. The summed E-state index contributed by atoms with van der Waals surface area (Å²) in [5.41, 5.74) is 1.44. The van der Waals surface area contributed by atoms with Gasteiger partial charge in [0, 0.05) is 33.6 Å². The molecule has 2 fully saturated rings. The minimum atomic E-state index is -1.36. The summed E-state index contributed by atoms with van der Waals surface area (Å²) in [6.07, 6.45) is 1.51. The Morgan fingerprint density at radius 1 is 0.946 bits per heavy atom. The summed E-state index contributed by atoms with van der Waals surface area (Å²) in [7, 11) is 0. The molecule has 0 radical (unpaired) electrons. The molecule has 37 heavy (non-hydrogen) atoms. The van der Waals surface area contributed by atoms with Crippen LogP contribution >= 0.6 is 23.2 Å². The molecular formula is C29H23Cl2N3O3. The number of para-hydroxylation sites is 1. The van der Waals surface area contributed by atoms with Crippen molar-refractivity contribution in [2.24, 2.45) is 5.92 Å². The van der Waals surface area contributed by atoms with E-state index in [0.29, 0.717) is 29.4 Å². The van der Waals surface area contributed by atoms with Gasteiger partial charge in [0.2, 0.25) is 11.8 Å². The first-order chi connectivity index (χ1) is 17.8. The van der Waals surface area contributed by atoms with E-state index < -0.39 is 16.9 Å². The van der Waals surface area contributed by atoms with E-state index in [4.69, 9.17) is 23.2 Å². The summed E-state index contributed by atoms with van der Waals surface area (Å²) in [6, 6.07) is 17.7. The molecule has 2 spiro atoms. The van der Waals surface area contributed by atoms with E-state index in [9.17, 15) is 14.4 Å². The van der Waals surface area contributed by atoms with Gasteiger partial charge >= 0.3 is 0 Å². The first-order valence-electron chi connectivity index (χ1n) is 12.4. The zero-order chi connectivity index (χ0) is 25.7. The lowest BCUT2D eigenvalue weighted by molar-refractivity contribution is -0.128. The van der Waals surface area contributed by atoms with Gasteiger partial charge in [-0.25, -0.2) is 0 Å². The van der Waals surface area contributed by atoms with E-state index >= 15 is 0 Å². The highest BCUT2D eigenvalue weighted by Gasteiger charge is 2.78. The van der Waals surface area contributed by atoms with Gasteiger partial charge in [-0.2, -0.15) is 0 Å². The van der Waals surface area contributed by atoms with Crippen molar-refractivity contribution in [1.82, 2.24) is 4.90 Å². The molecule has 0 unspecified atom stereocenters. The highest BCUT2D eigenvalue weighted by molar-refractivity contribution is 6.37. The Morgan fingerprint density at radius 2 is 1.70 bits per heavy atom. The third-order valence-electron chi connectivity index (χ3n) is 8.74. The Labute approximate surface area is 223 Å². The van der Waals surface area contributed by atoms with Crippen LogP contribution in [0.1, 0.15) is 39.9 Å². The molecule has 7 rings (SSSR count). The Hall–Kier alpha value is -3.19. The molecule has 4 atom stereocenters. The van der Waals surface area contributed by atoms with Gasteiger partial charge < -0.3 is 10.6 Å². The first kappa shape index (κ1) is 23.0. The predicted molar refractivity (Wildman–Crippen MR) is 142 cm³/mol. The molecule has 0 aliphatic carbocycles. The number of rotatable bonds is 2. The number of nitrogens with one attached hydrogen (secondary N) is 2. The molecular weight excluding hydrogens is 509 g/mol. The second-order valence-electron chi connectivity index (χ2n) is 10.4. The Kier molecular flexibility index (Phi) is 4.76. The molecule has 3 aromatic rings. The standard InChI is InChI=1S/C29H23Cl2N3O3/c1-15-8-11-22-19(13-15)29(27(37)33-22)25(24(35)17-10-9-16(30)14-20(17)31)28(23-7-4-12-34(23)29)18-5-2-3-6-21(18)32-26(28)36/h2-3,5-6,8-11,13-14,23,25H,4,7,12H2,1H3,(H,32,36)(H,33,37)/t23-,25+,28-,29+/m1/s1. The molecule has 2 amide bonds. The minimum absolute atomic E-state index is 0.199. The molecule has 8 heteroatoms. The van der Waals surface area contributed by atoms with E-state index in [1.54, 1.807) is 12.1 Å². The van der Waals surface area contributed by atoms with Gasteiger partial charge in [0.25, 0.3) is 0 Å². The third kappa shape index (κ3) is 2.68. The molecule has 6 nitrogen and oxygen atoms in total. The van der Waals surface area contributed by atoms with Crippen LogP contribution in [0, 0.1) is 12.8 Å². The largest absolute Gasteiger partial charge is 0.325 e. The second-order valence-corrected chi connectivity index (χ2v) is 11.3. The van der Waals surface area contributed by atoms with Gasteiger partial charge in [-0.05, 0) is 62.2 Å². The van der Waals surface area contributed by atoms with E-state index in [-0.39, 0.29) is 34.2 Å². The number of benzene rings is 3. The molecule has 4 aliphatic rings. The SMILES string of the molecule is Cc1ccc2c(c1)[C@@]1(C(=O)N2)[C@@H](C(=O)c2ccc(Cl)cc2Cl)[C@]2(C(=O)Nc3ccccc32)[C@H]2CCCN21. The van der Waals surface area contributed by atoms with E-state index in [1.165, 1.54) is 6.07 Å². The van der Waals surface area contributed by atoms with Gasteiger partial charge in [0.15, 0.2) is 5.78 Å². The normalized spacial score (nSPS) is 29.4. The van der Waals surface area contributed by atoms with Crippen LogP contribution in [-0.4, -0.2) is 35.1 Å². The van der Waals surface area contributed by atoms with Crippen molar-refractivity contribution in [1.29, 1.82) is 0 Å². The summed E-state index contributed by atoms with van der Waals surface area (Å²) in [5, 5.41) is 6.72. The fourth-order valence-corrected chi connectivity index (χ4v) is 8.01. The summed E-state index contributed by atoms with van der Waals surface area (Å²) in [5.74, 6) is -1.92. The molecule has 2 N–H and O–H groups in total. The number of nitrogens with zero attached hydrogens (tertiary/aromatic N) is 1. The van der Waals surface area contributed by atoms with Crippen molar-refractivity contribution in [3.63, 3.8) is 0 Å². The molecule has 0 bridgehead atoms. The Balaban J connectivity index is 1.60. The molecule has 0 aromatic heterocycles. The molecule has 3 aromatic carbocycles. The smallest absolute Gasteiger partial charge is 0.250 e. The van der Waals surface area contributed by atoms with Crippen LogP contribution < -0.4 is 10.6 Å². The number of aryl methyl sites for hydroxylation is 1. The number of hydrogen-bond donors (Lipinski definition) is 2.